The predicted molar refractivity (Wildman–Crippen MR) is 97.2 cm³/mol. The zero-order valence-electron chi connectivity index (χ0n) is 14.0. The minimum Gasteiger partial charge on any atom is -0.344 e. The van der Waals surface area contributed by atoms with Crippen LogP contribution >= 0.6 is 0 Å². The Morgan fingerprint density at radius 1 is 1.04 bits per heavy atom. The molecule has 2 N–H and O–H groups in total. The molecule has 0 radical (unpaired) electrons. The highest BCUT2D eigenvalue weighted by atomic mass is 16.1. The van der Waals surface area contributed by atoms with Gasteiger partial charge in [-0.1, -0.05) is 24.3 Å². The summed E-state index contributed by atoms with van der Waals surface area (Å²) in [6.07, 6.45) is 6.60. The lowest BCUT2D eigenvalue weighted by atomic mass is 10.0. The molecule has 0 bridgehead atoms. The third-order valence-corrected chi connectivity index (χ3v) is 4.17. The van der Waals surface area contributed by atoms with Crippen molar-refractivity contribution in [1.82, 2.24) is 30.2 Å². The summed E-state index contributed by atoms with van der Waals surface area (Å²) in [7, 11) is 0. The second kappa shape index (κ2) is 6.72. The maximum atomic E-state index is 12.5. The fraction of sp³-hybridized carbons (Fsp3) is 0.105. The molecule has 0 aliphatic rings. The molecule has 3 heterocycles. The third kappa shape index (κ3) is 3.14. The minimum absolute atomic E-state index is 0.153. The quantitative estimate of drug-likeness (QED) is 0.593. The molecule has 3 aromatic heterocycles. The topological polar surface area (TPSA) is 96.5 Å². The van der Waals surface area contributed by atoms with Gasteiger partial charge < -0.3 is 10.3 Å². The molecule has 0 fully saturated rings. The van der Waals surface area contributed by atoms with Gasteiger partial charge in [0.1, 0.15) is 12.0 Å². The van der Waals surface area contributed by atoms with Crippen LogP contribution in [0.1, 0.15) is 29.0 Å². The lowest BCUT2D eigenvalue weighted by molar-refractivity contribution is 0.0935. The largest absolute Gasteiger partial charge is 0.344 e. The fourth-order valence-electron chi connectivity index (χ4n) is 2.72. The number of benzene rings is 1. The second-order valence-electron chi connectivity index (χ2n) is 5.91. The second-order valence-corrected chi connectivity index (χ2v) is 5.91. The molecule has 0 saturated heterocycles. The van der Waals surface area contributed by atoms with Gasteiger partial charge in [-0.2, -0.15) is 0 Å². The summed E-state index contributed by atoms with van der Waals surface area (Å²) in [4.78, 5) is 31.8. The molecule has 1 amide bonds. The van der Waals surface area contributed by atoms with Crippen molar-refractivity contribution in [2.75, 3.05) is 0 Å². The van der Waals surface area contributed by atoms with Crippen LogP contribution < -0.4 is 5.32 Å². The van der Waals surface area contributed by atoms with Gasteiger partial charge in [0.05, 0.1) is 17.9 Å². The molecule has 0 spiro atoms. The fourth-order valence-corrected chi connectivity index (χ4v) is 2.72. The van der Waals surface area contributed by atoms with E-state index in [-0.39, 0.29) is 11.9 Å². The van der Waals surface area contributed by atoms with Crippen LogP contribution in [0.4, 0.5) is 0 Å². The normalized spacial score (nSPS) is 12.0. The summed E-state index contributed by atoms with van der Waals surface area (Å²) >= 11 is 0. The van der Waals surface area contributed by atoms with Crippen molar-refractivity contribution in [3.63, 3.8) is 0 Å². The first-order valence-electron chi connectivity index (χ1n) is 8.17. The Morgan fingerprint density at radius 3 is 2.58 bits per heavy atom. The number of nitrogens with one attached hydrogen (secondary N) is 2. The van der Waals surface area contributed by atoms with Crippen LogP contribution in [-0.4, -0.2) is 30.8 Å². The van der Waals surface area contributed by atoms with Gasteiger partial charge in [0, 0.05) is 18.0 Å². The van der Waals surface area contributed by atoms with Crippen molar-refractivity contribution in [2.24, 2.45) is 0 Å². The van der Waals surface area contributed by atoms with E-state index in [2.05, 4.69) is 30.2 Å². The molecule has 0 aliphatic heterocycles. The van der Waals surface area contributed by atoms with Gasteiger partial charge in [0.2, 0.25) is 0 Å². The van der Waals surface area contributed by atoms with E-state index in [4.69, 9.17) is 0 Å². The molecule has 0 unspecified atom stereocenters. The summed E-state index contributed by atoms with van der Waals surface area (Å²) in [6.45, 7) is 1.94. The number of fused-ring (bicyclic) bond motifs is 1. The lowest BCUT2D eigenvalue weighted by Gasteiger charge is -2.14. The monoisotopic (exact) mass is 344 g/mol. The highest BCUT2D eigenvalue weighted by Gasteiger charge is 2.14. The number of carbonyl (C=O) groups excluding carboxylic acids is 1. The number of rotatable bonds is 4. The van der Waals surface area contributed by atoms with Gasteiger partial charge in [0.15, 0.2) is 5.65 Å². The van der Waals surface area contributed by atoms with Crippen LogP contribution in [-0.2, 0) is 0 Å². The number of imidazole rings is 1. The summed E-state index contributed by atoms with van der Waals surface area (Å²) in [6, 6.07) is 11.3. The highest BCUT2D eigenvalue weighted by Crippen LogP contribution is 2.21. The van der Waals surface area contributed by atoms with Gasteiger partial charge in [-0.05, 0) is 30.2 Å². The average Bonchev–Trinajstić information content (AvgIpc) is 3.16. The Labute approximate surface area is 149 Å². The first-order chi connectivity index (χ1) is 12.7. The number of hydrogen-bond donors (Lipinski definition) is 2. The van der Waals surface area contributed by atoms with E-state index in [1.807, 2.05) is 31.2 Å². The Balaban J connectivity index is 1.48. The predicted octanol–water partition coefficient (Wildman–Crippen LogP) is 2.91. The van der Waals surface area contributed by atoms with Crippen molar-refractivity contribution >= 4 is 17.1 Å². The number of aromatic nitrogens is 5. The number of pyridine rings is 1. The van der Waals surface area contributed by atoms with Crippen LogP contribution in [0.3, 0.4) is 0 Å². The van der Waals surface area contributed by atoms with E-state index < -0.39 is 0 Å². The van der Waals surface area contributed by atoms with E-state index in [9.17, 15) is 4.79 Å². The zero-order valence-corrected chi connectivity index (χ0v) is 14.0. The Bertz CT molecular complexity index is 1040. The van der Waals surface area contributed by atoms with Crippen LogP contribution in [0.15, 0.2) is 61.4 Å². The molecular weight excluding hydrogens is 328 g/mol. The third-order valence-electron chi connectivity index (χ3n) is 4.17. The Kier molecular flexibility index (Phi) is 4.10. The zero-order chi connectivity index (χ0) is 17.9. The molecule has 128 valence electrons. The smallest absolute Gasteiger partial charge is 0.270 e. The standard InChI is InChI=1S/C19H16N6O/c1-12(13-2-4-14(5-3-13)15-8-20-10-21-9-15)24-19(26)17-7-6-16-18(25-17)23-11-22-16/h2-12H,1H3,(H,24,26)(H,22,23,25)/t12-/m0/s1. The van der Waals surface area contributed by atoms with E-state index >= 15 is 0 Å². The van der Waals surface area contributed by atoms with Crippen molar-refractivity contribution in [1.29, 1.82) is 0 Å². The molecule has 7 heteroatoms. The summed E-state index contributed by atoms with van der Waals surface area (Å²) in [5, 5.41) is 2.96. The average molecular weight is 344 g/mol. The molecule has 1 atom stereocenters. The number of hydrogen-bond acceptors (Lipinski definition) is 5. The molecule has 4 rings (SSSR count). The van der Waals surface area contributed by atoms with Crippen molar-refractivity contribution in [3.8, 4) is 11.1 Å². The lowest BCUT2D eigenvalue weighted by Crippen LogP contribution is -2.27. The molecule has 4 aromatic rings. The van der Waals surface area contributed by atoms with Gasteiger partial charge in [0.25, 0.3) is 5.91 Å². The van der Waals surface area contributed by atoms with Gasteiger partial charge >= 0.3 is 0 Å². The SMILES string of the molecule is C[C@H](NC(=O)c1ccc2[nH]cnc2n1)c1ccc(-c2cncnc2)cc1. The van der Waals surface area contributed by atoms with Crippen LogP contribution in [0, 0.1) is 0 Å². The molecule has 26 heavy (non-hydrogen) atoms. The van der Waals surface area contributed by atoms with Crippen LogP contribution in [0.2, 0.25) is 0 Å². The number of carbonyl (C=O) groups is 1. The molecule has 0 aliphatic carbocycles. The van der Waals surface area contributed by atoms with Crippen LogP contribution in [0.5, 0.6) is 0 Å². The van der Waals surface area contributed by atoms with Crippen molar-refractivity contribution in [3.05, 3.63) is 72.7 Å². The van der Waals surface area contributed by atoms with E-state index in [0.29, 0.717) is 11.3 Å². The highest BCUT2D eigenvalue weighted by molar-refractivity contribution is 5.94. The maximum absolute atomic E-state index is 12.5. The summed E-state index contributed by atoms with van der Waals surface area (Å²) in [5.41, 5.74) is 4.65. The summed E-state index contributed by atoms with van der Waals surface area (Å²) < 4.78 is 0. The molecule has 1 aromatic carbocycles. The first kappa shape index (κ1) is 15.9. The van der Waals surface area contributed by atoms with Crippen molar-refractivity contribution < 1.29 is 4.79 Å². The number of aromatic amines is 1. The molecule has 7 nitrogen and oxygen atoms in total. The number of nitrogens with zero attached hydrogens (tertiary/aromatic N) is 4. The maximum Gasteiger partial charge on any atom is 0.270 e. The van der Waals surface area contributed by atoms with E-state index in [0.717, 1.165) is 22.2 Å². The van der Waals surface area contributed by atoms with Gasteiger partial charge in [-0.25, -0.2) is 19.9 Å². The first-order valence-corrected chi connectivity index (χ1v) is 8.17. The van der Waals surface area contributed by atoms with E-state index in [1.54, 1.807) is 30.9 Å². The number of H-pyrrole nitrogens is 1. The van der Waals surface area contributed by atoms with Gasteiger partial charge in [-0.3, -0.25) is 4.79 Å². The van der Waals surface area contributed by atoms with Gasteiger partial charge in [-0.15, -0.1) is 0 Å². The Morgan fingerprint density at radius 2 is 1.81 bits per heavy atom. The summed E-state index contributed by atoms with van der Waals surface area (Å²) in [5.74, 6) is -0.233. The minimum atomic E-state index is -0.233. The van der Waals surface area contributed by atoms with Crippen molar-refractivity contribution in [2.45, 2.75) is 13.0 Å². The van der Waals surface area contributed by atoms with E-state index in [1.165, 1.54) is 6.33 Å². The molecule has 0 saturated carbocycles. The van der Waals surface area contributed by atoms with Crippen LogP contribution in [0.25, 0.3) is 22.3 Å². The molecular formula is C19H16N6O. The number of amides is 1. The Hall–Kier alpha value is -3.61.